The molecule has 1 aromatic carbocycles. The molecule has 0 aliphatic carbocycles. The van der Waals surface area contributed by atoms with Gasteiger partial charge in [0.1, 0.15) is 12.4 Å². The monoisotopic (exact) mass is 291 g/mol. The molecule has 1 fully saturated rings. The summed E-state index contributed by atoms with van der Waals surface area (Å²) in [7, 11) is 0. The van der Waals surface area contributed by atoms with Crippen molar-refractivity contribution >= 4 is 12.0 Å². The normalized spacial score (nSPS) is 19.2. The van der Waals surface area contributed by atoms with Gasteiger partial charge in [-0.2, -0.15) is 0 Å². The molecule has 0 radical (unpaired) electrons. The van der Waals surface area contributed by atoms with Crippen molar-refractivity contribution in [3.05, 3.63) is 35.9 Å². The van der Waals surface area contributed by atoms with Crippen molar-refractivity contribution < 1.29 is 19.7 Å². The minimum absolute atomic E-state index is 0.204. The molecule has 114 valence electrons. The highest BCUT2D eigenvalue weighted by molar-refractivity contribution is 5.85. The van der Waals surface area contributed by atoms with Gasteiger partial charge in [-0.05, 0) is 43.2 Å². The first kappa shape index (κ1) is 15.5. The van der Waals surface area contributed by atoms with Crippen LogP contribution in [0.5, 0.6) is 5.75 Å². The summed E-state index contributed by atoms with van der Waals surface area (Å²) >= 11 is 0. The topological polar surface area (TPSA) is 70.0 Å². The summed E-state index contributed by atoms with van der Waals surface area (Å²) < 4.78 is 5.70. The zero-order chi connectivity index (χ0) is 15.1. The number of carboxylic acids is 1. The van der Waals surface area contributed by atoms with Gasteiger partial charge in [0.2, 0.25) is 0 Å². The fourth-order valence-corrected chi connectivity index (χ4v) is 2.55. The van der Waals surface area contributed by atoms with Crippen molar-refractivity contribution in [2.24, 2.45) is 0 Å². The number of carboxylic acid groups (broad SMARTS) is 1. The van der Waals surface area contributed by atoms with Crippen LogP contribution in [-0.2, 0) is 4.79 Å². The molecule has 0 amide bonds. The lowest BCUT2D eigenvalue weighted by atomic mass is 10.2. The van der Waals surface area contributed by atoms with E-state index in [0.29, 0.717) is 6.61 Å². The summed E-state index contributed by atoms with van der Waals surface area (Å²) in [6.45, 7) is 2.56. The Kier molecular flexibility index (Phi) is 5.78. The lowest BCUT2D eigenvalue weighted by Gasteiger charge is -2.22. The van der Waals surface area contributed by atoms with Crippen LogP contribution in [0.1, 0.15) is 18.4 Å². The second-order valence-corrected chi connectivity index (χ2v) is 5.11. The predicted molar refractivity (Wildman–Crippen MR) is 80.3 cm³/mol. The molecule has 2 rings (SSSR count). The Hall–Kier alpha value is -1.85. The third kappa shape index (κ3) is 4.88. The number of hydrogen-bond donors (Lipinski definition) is 2. The number of nitrogens with zero attached hydrogens (tertiary/aromatic N) is 1. The van der Waals surface area contributed by atoms with Crippen molar-refractivity contribution in [2.45, 2.75) is 18.9 Å². The van der Waals surface area contributed by atoms with Gasteiger partial charge in [-0.15, -0.1) is 0 Å². The first-order chi connectivity index (χ1) is 10.2. The summed E-state index contributed by atoms with van der Waals surface area (Å²) in [6.07, 6.45) is 4.82. The molecule has 1 unspecified atom stereocenters. The molecule has 1 saturated heterocycles. The van der Waals surface area contributed by atoms with Crippen LogP contribution in [0.3, 0.4) is 0 Å². The van der Waals surface area contributed by atoms with Crippen LogP contribution >= 0.6 is 0 Å². The maximum Gasteiger partial charge on any atom is 0.328 e. The van der Waals surface area contributed by atoms with Gasteiger partial charge in [-0.3, -0.25) is 4.90 Å². The second kappa shape index (κ2) is 7.81. The summed E-state index contributed by atoms with van der Waals surface area (Å²) in [6, 6.07) is 7.59. The number of rotatable bonds is 7. The van der Waals surface area contributed by atoms with Gasteiger partial charge in [0.15, 0.2) is 0 Å². The van der Waals surface area contributed by atoms with Gasteiger partial charge in [-0.25, -0.2) is 4.79 Å². The van der Waals surface area contributed by atoms with E-state index >= 15 is 0 Å². The third-order valence-corrected chi connectivity index (χ3v) is 3.63. The molecule has 1 aromatic rings. The number of carbonyl (C=O) groups is 1. The minimum atomic E-state index is -0.967. The Morgan fingerprint density at radius 1 is 1.48 bits per heavy atom. The van der Waals surface area contributed by atoms with Gasteiger partial charge < -0.3 is 14.9 Å². The zero-order valence-corrected chi connectivity index (χ0v) is 11.9. The van der Waals surface area contributed by atoms with Gasteiger partial charge in [0.25, 0.3) is 0 Å². The second-order valence-electron chi connectivity index (χ2n) is 5.11. The van der Waals surface area contributed by atoms with Crippen molar-refractivity contribution in [3.8, 4) is 5.75 Å². The van der Waals surface area contributed by atoms with Crippen LogP contribution < -0.4 is 4.74 Å². The lowest BCUT2D eigenvalue weighted by molar-refractivity contribution is -0.131. The molecule has 2 N–H and O–H groups in total. The minimum Gasteiger partial charge on any atom is -0.492 e. The first-order valence-corrected chi connectivity index (χ1v) is 7.18. The Morgan fingerprint density at radius 2 is 2.33 bits per heavy atom. The quantitative estimate of drug-likeness (QED) is 0.747. The molecule has 21 heavy (non-hydrogen) atoms. The van der Waals surface area contributed by atoms with E-state index in [2.05, 4.69) is 4.90 Å². The van der Waals surface area contributed by atoms with E-state index in [1.165, 1.54) is 6.08 Å². The molecule has 0 aromatic heterocycles. The standard InChI is InChI=1S/C16H21NO4/c18-12-14-4-2-8-17(14)9-10-21-15-5-1-3-13(11-15)6-7-16(19)20/h1,3,5-7,11,14,18H,2,4,8-10,12H2,(H,19,20). The molecule has 5 heteroatoms. The van der Waals surface area contributed by atoms with Gasteiger partial charge in [-0.1, -0.05) is 12.1 Å². The molecule has 0 bridgehead atoms. The smallest absolute Gasteiger partial charge is 0.328 e. The molecule has 0 spiro atoms. The van der Waals surface area contributed by atoms with Crippen LogP contribution in [-0.4, -0.2) is 53.4 Å². The van der Waals surface area contributed by atoms with E-state index in [-0.39, 0.29) is 12.6 Å². The summed E-state index contributed by atoms with van der Waals surface area (Å²) in [4.78, 5) is 12.7. The number of aliphatic carboxylic acids is 1. The fourth-order valence-electron chi connectivity index (χ4n) is 2.55. The molecule has 1 heterocycles. The van der Waals surface area contributed by atoms with Gasteiger partial charge in [0.05, 0.1) is 6.61 Å². The number of ether oxygens (including phenoxy) is 1. The number of hydrogen-bond acceptors (Lipinski definition) is 4. The Morgan fingerprint density at radius 3 is 3.10 bits per heavy atom. The zero-order valence-electron chi connectivity index (χ0n) is 11.9. The van der Waals surface area contributed by atoms with Crippen molar-refractivity contribution in [1.82, 2.24) is 4.90 Å². The van der Waals surface area contributed by atoms with Crippen LogP contribution in [0.2, 0.25) is 0 Å². The highest BCUT2D eigenvalue weighted by atomic mass is 16.5. The van der Waals surface area contributed by atoms with E-state index in [9.17, 15) is 9.90 Å². The first-order valence-electron chi connectivity index (χ1n) is 7.18. The average Bonchev–Trinajstić information content (AvgIpc) is 2.93. The number of likely N-dealkylation sites (tertiary alicyclic amines) is 1. The summed E-state index contributed by atoms with van der Waals surface area (Å²) in [5.41, 5.74) is 0.796. The molecular weight excluding hydrogens is 270 g/mol. The predicted octanol–water partition coefficient (Wildman–Crippen LogP) is 1.62. The average molecular weight is 291 g/mol. The van der Waals surface area contributed by atoms with E-state index in [1.807, 2.05) is 24.3 Å². The molecule has 1 aliphatic rings. The lowest BCUT2D eigenvalue weighted by Crippen LogP contribution is -2.35. The third-order valence-electron chi connectivity index (χ3n) is 3.63. The molecule has 0 saturated carbocycles. The Balaban J connectivity index is 1.83. The maximum absolute atomic E-state index is 10.5. The molecular formula is C16H21NO4. The fraction of sp³-hybridized carbons (Fsp3) is 0.438. The SMILES string of the molecule is O=C(O)C=Cc1cccc(OCCN2CCCC2CO)c1. The number of aliphatic hydroxyl groups is 1. The van der Waals surface area contributed by atoms with Crippen LogP contribution in [0.4, 0.5) is 0 Å². The van der Waals surface area contributed by atoms with Crippen LogP contribution in [0, 0.1) is 0 Å². The largest absolute Gasteiger partial charge is 0.492 e. The van der Waals surface area contributed by atoms with Crippen LogP contribution in [0.15, 0.2) is 30.3 Å². The maximum atomic E-state index is 10.5. The highest BCUT2D eigenvalue weighted by Gasteiger charge is 2.22. The van der Waals surface area contributed by atoms with Crippen LogP contribution in [0.25, 0.3) is 6.08 Å². The summed E-state index contributed by atoms with van der Waals surface area (Å²) in [5, 5.41) is 17.9. The van der Waals surface area contributed by atoms with E-state index in [0.717, 1.165) is 43.3 Å². The number of aliphatic hydroxyl groups excluding tert-OH is 1. The van der Waals surface area contributed by atoms with Crippen molar-refractivity contribution in [3.63, 3.8) is 0 Å². The van der Waals surface area contributed by atoms with E-state index < -0.39 is 5.97 Å². The van der Waals surface area contributed by atoms with E-state index in [1.54, 1.807) is 0 Å². The Labute approximate surface area is 124 Å². The van der Waals surface area contributed by atoms with Gasteiger partial charge in [0, 0.05) is 18.7 Å². The number of benzene rings is 1. The van der Waals surface area contributed by atoms with Crippen molar-refractivity contribution in [2.75, 3.05) is 26.3 Å². The van der Waals surface area contributed by atoms with Gasteiger partial charge >= 0.3 is 5.97 Å². The molecule has 5 nitrogen and oxygen atoms in total. The molecule has 1 atom stereocenters. The highest BCUT2D eigenvalue weighted by Crippen LogP contribution is 2.17. The van der Waals surface area contributed by atoms with Crippen molar-refractivity contribution in [1.29, 1.82) is 0 Å². The summed E-state index contributed by atoms with van der Waals surface area (Å²) in [5.74, 6) is -0.243. The molecule has 1 aliphatic heterocycles. The Bertz CT molecular complexity index is 501. The van der Waals surface area contributed by atoms with E-state index in [4.69, 9.17) is 9.84 Å².